The van der Waals surface area contributed by atoms with E-state index in [1.54, 1.807) is 0 Å². The number of rotatable bonds is 4. The van der Waals surface area contributed by atoms with Gasteiger partial charge in [0, 0.05) is 11.4 Å². The van der Waals surface area contributed by atoms with Crippen LogP contribution in [0.2, 0.25) is 0 Å². The minimum atomic E-state index is 0.460. The smallest absolute Gasteiger partial charge is 0.0575 e. The molecule has 0 aromatic heterocycles. The zero-order valence-electron chi connectivity index (χ0n) is 11.4. The molecule has 0 aliphatic carbocycles. The summed E-state index contributed by atoms with van der Waals surface area (Å²) in [7, 11) is 0. The highest BCUT2D eigenvalue weighted by molar-refractivity contribution is 9.09. The van der Waals surface area contributed by atoms with Crippen molar-refractivity contribution in [3.05, 3.63) is 34.9 Å². The van der Waals surface area contributed by atoms with Crippen molar-refractivity contribution in [2.45, 2.75) is 56.9 Å². The molecule has 18 heavy (non-hydrogen) atoms. The zero-order chi connectivity index (χ0) is 13.0. The van der Waals surface area contributed by atoms with Crippen LogP contribution in [0.4, 0.5) is 0 Å². The Hall–Kier alpha value is -0.340. The first-order valence-electron chi connectivity index (χ1n) is 6.99. The lowest BCUT2D eigenvalue weighted by Gasteiger charge is -2.23. The molecule has 1 aliphatic rings. The van der Waals surface area contributed by atoms with E-state index in [-0.39, 0.29) is 0 Å². The first kappa shape index (κ1) is 14.1. The molecule has 2 atom stereocenters. The van der Waals surface area contributed by atoms with E-state index < -0.39 is 0 Å². The second-order valence-electron chi connectivity index (χ2n) is 5.38. The van der Waals surface area contributed by atoms with E-state index in [1.165, 1.54) is 42.4 Å². The standard InChI is InChI=1S/C16H23BrO/c1-12-6-7-14(11-13(12)2)16(17)9-8-15-5-3-4-10-18-15/h6-7,11,15-16H,3-5,8-10H2,1-2H3. The molecular formula is C16H23BrO. The van der Waals surface area contributed by atoms with Crippen LogP contribution in [0.3, 0.4) is 0 Å². The largest absolute Gasteiger partial charge is 0.378 e. The molecule has 2 unspecified atom stereocenters. The van der Waals surface area contributed by atoms with E-state index in [0.717, 1.165) is 13.0 Å². The lowest BCUT2D eigenvalue weighted by molar-refractivity contribution is 0.0102. The number of hydrogen-bond acceptors (Lipinski definition) is 1. The minimum Gasteiger partial charge on any atom is -0.378 e. The van der Waals surface area contributed by atoms with Gasteiger partial charge in [-0.1, -0.05) is 34.1 Å². The maximum atomic E-state index is 5.79. The van der Waals surface area contributed by atoms with Crippen LogP contribution < -0.4 is 0 Å². The van der Waals surface area contributed by atoms with E-state index in [2.05, 4.69) is 48.0 Å². The summed E-state index contributed by atoms with van der Waals surface area (Å²) in [5.41, 5.74) is 4.15. The van der Waals surface area contributed by atoms with Gasteiger partial charge < -0.3 is 4.74 Å². The summed E-state index contributed by atoms with van der Waals surface area (Å²) in [6.07, 6.45) is 6.64. The van der Waals surface area contributed by atoms with Crippen molar-refractivity contribution in [1.82, 2.24) is 0 Å². The molecule has 2 rings (SSSR count). The van der Waals surface area contributed by atoms with Gasteiger partial charge in [-0.3, -0.25) is 0 Å². The summed E-state index contributed by atoms with van der Waals surface area (Å²) < 4.78 is 5.79. The number of benzene rings is 1. The monoisotopic (exact) mass is 310 g/mol. The van der Waals surface area contributed by atoms with Gasteiger partial charge in [-0.05, 0) is 62.6 Å². The van der Waals surface area contributed by atoms with Crippen LogP contribution in [0.15, 0.2) is 18.2 Å². The molecule has 0 bridgehead atoms. The van der Waals surface area contributed by atoms with Crippen molar-refractivity contribution < 1.29 is 4.74 Å². The topological polar surface area (TPSA) is 9.23 Å². The molecule has 0 N–H and O–H groups in total. The fourth-order valence-electron chi connectivity index (χ4n) is 2.49. The summed E-state index contributed by atoms with van der Waals surface area (Å²) >= 11 is 3.82. The van der Waals surface area contributed by atoms with Crippen molar-refractivity contribution in [2.75, 3.05) is 6.61 Å². The summed E-state index contributed by atoms with van der Waals surface area (Å²) in [4.78, 5) is 0.460. The third-order valence-electron chi connectivity index (χ3n) is 3.91. The lowest BCUT2D eigenvalue weighted by Crippen LogP contribution is -2.19. The van der Waals surface area contributed by atoms with Gasteiger partial charge in [0.1, 0.15) is 0 Å². The fraction of sp³-hybridized carbons (Fsp3) is 0.625. The van der Waals surface area contributed by atoms with E-state index in [9.17, 15) is 0 Å². The third-order valence-corrected chi connectivity index (χ3v) is 4.90. The number of aryl methyl sites for hydroxylation is 2. The number of ether oxygens (including phenoxy) is 1. The van der Waals surface area contributed by atoms with Crippen LogP contribution in [0.1, 0.15) is 53.6 Å². The van der Waals surface area contributed by atoms with Gasteiger partial charge in [0.2, 0.25) is 0 Å². The number of alkyl halides is 1. The molecule has 2 heteroatoms. The SMILES string of the molecule is Cc1ccc(C(Br)CCC2CCCCO2)cc1C. The summed E-state index contributed by atoms with van der Waals surface area (Å²) in [5.74, 6) is 0. The van der Waals surface area contributed by atoms with Crippen molar-refractivity contribution >= 4 is 15.9 Å². The van der Waals surface area contributed by atoms with Gasteiger partial charge in [0.15, 0.2) is 0 Å². The van der Waals surface area contributed by atoms with E-state index in [0.29, 0.717) is 10.9 Å². The van der Waals surface area contributed by atoms with Crippen LogP contribution in [0, 0.1) is 13.8 Å². The van der Waals surface area contributed by atoms with Gasteiger partial charge in [-0.2, -0.15) is 0 Å². The maximum Gasteiger partial charge on any atom is 0.0575 e. The fourth-order valence-corrected chi connectivity index (χ4v) is 3.04. The van der Waals surface area contributed by atoms with Gasteiger partial charge in [0.25, 0.3) is 0 Å². The predicted octanol–water partition coefficient (Wildman–Crippen LogP) is 5.09. The molecule has 0 saturated carbocycles. The average Bonchev–Trinajstić information content (AvgIpc) is 2.40. The maximum absolute atomic E-state index is 5.79. The van der Waals surface area contributed by atoms with Crippen molar-refractivity contribution in [3.8, 4) is 0 Å². The van der Waals surface area contributed by atoms with E-state index >= 15 is 0 Å². The average molecular weight is 311 g/mol. The molecule has 1 fully saturated rings. The van der Waals surface area contributed by atoms with Gasteiger partial charge in [0.05, 0.1) is 6.10 Å². The highest BCUT2D eigenvalue weighted by atomic mass is 79.9. The molecule has 1 aliphatic heterocycles. The molecule has 0 radical (unpaired) electrons. The van der Waals surface area contributed by atoms with Gasteiger partial charge in [-0.25, -0.2) is 0 Å². The molecule has 100 valence electrons. The number of hydrogen-bond donors (Lipinski definition) is 0. The Kier molecular flexibility index (Phi) is 5.25. The minimum absolute atomic E-state index is 0.460. The summed E-state index contributed by atoms with van der Waals surface area (Å²) in [6.45, 7) is 5.31. The van der Waals surface area contributed by atoms with E-state index in [4.69, 9.17) is 4.74 Å². The Morgan fingerprint density at radius 2 is 2.11 bits per heavy atom. The van der Waals surface area contributed by atoms with Crippen molar-refractivity contribution in [3.63, 3.8) is 0 Å². The number of halogens is 1. The Morgan fingerprint density at radius 1 is 1.28 bits per heavy atom. The summed E-state index contributed by atoms with van der Waals surface area (Å²) in [5, 5.41) is 0. The van der Waals surface area contributed by atoms with Crippen LogP contribution in [-0.4, -0.2) is 12.7 Å². The van der Waals surface area contributed by atoms with Crippen molar-refractivity contribution in [2.24, 2.45) is 0 Å². The molecule has 1 saturated heterocycles. The second kappa shape index (κ2) is 6.72. The van der Waals surface area contributed by atoms with Crippen LogP contribution in [0.25, 0.3) is 0 Å². The van der Waals surface area contributed by atoms with Crippen LogP contribution in [-0.2, 0) is 4.74 Å². The molecule has 1 aromatic rings. The zero-order valence-corrected chi connectivity index (χ0v) is 13.0. The van der Waals surface area contributed by atoms with Crippen LogP contribution in [0.5, 0.6) is 0 Å². The first-order valence-corrected chi connectivity index (χ1v) is 7.91. The molecule has 1 heterocycles. The molecular weight excluding hydrogens is 288 g/mol. The molecule has 0 amide bonds. The highest BCUT2D eigenvalue weighted by Crippen LogP contribution is 2.31. The summed E-state index contributed by atoms with van der Waals surface area (Å²) in [6, 6.07) is 6.76. The van der Waals surface area contributed by atoms with Crippen LogP contribution >= 0.6 is 15.9 Å². The lowest BCUT2D eigenvalue weighted by atomic mass is 9.99. The highest BCUT2D eigenvalue weighted by Gasteiger charge is 2.16. The predicted molar refractivity (Wildman–Crippen MR) is 80.4 cm³/mol. The quantitative estimate of drug-likeness (QED) is 0.704. The van der Waals surface area contributed by atoms with Crippen molar-refractivity contribution in [1.29, 1.82) is 0 Å². The molecule has 1 nitrogen and oxygen atoms in total. The Bertz CT molecular complexity index is 383. The van der Waals surface area contributed by atoms with E-state index in [1.807, 2.05) is 0 Å². The Morgan fingerprint density at radius 3 is 2.78 bits per heavy atom. The molecule has 1 aromatic carbocycles. The third kappa shape index (κ3) is 3.83. The Balaban J connectivity index is 1.86. The second-order valence-corrected chi connectivity index (χ2v) is 6.48. The molecule has 0 spiro atoms. The Labute approximate surface area is 119 Å². The first-order chi connectivity index (χ1) is 8.66. The normalized spacial score (nSPS) is 21.8. The van der Waals surface area contributed by atoms with Gasteiger partial charge >= 0.3 is 0 Å². The van der Waals surface area contributed by atoms with Gasteiger partial charge in [-0.15, -0.1) is 0 Å².